The van der Waals surface area contributed by atoms with Crippen molar-refractivity contribution < 1.29 is 14.6 Å². The minimum absolute atomic E-state index is 0.529. The Morgan fingerprint density at radius 1 is 1.38 bits per heavy atom. The van der Waals surface area contributed by atoms with Gasteiger partial charge in [0.1, 0.15) is 0 Å². The van der Waals surface area contributed by atoms with Crippen LogP contribution in [0.3, 0.4) is 0 Å². The highest BCUT2D eigenvalue weighted by atomic mass is 16.5. The van der Waals surface area contributed by atoms with Crippen molar-refractivity contribution in [2.75, 3.05) is 6.61 Å². The normalized spacial score (nSPS) is 26.5. The molecule has 2 rings (SSSR count). The second-order valence-corrected chi connectivity index (χ2v) is 3.10. The smallest absolute Gasteiger partial charge is 0.340 e. The largest absolute Gasteiger partial charge is 0.479 e. The van der Waals surface area contributed by atoms with Crippen molar-refractivity contribution in [3.63, 3.8) is 0 Å². The fourth-order valence-electron chi connectivity index (χ4n) is 1.53. The molecule has 1 aliphatic heterocycles. The average Bonchev–Trinajstić information content (AvgIpc) is 2.03. The molecule has 13 heavy (non-hydrogen) atoms. The van der Waals surface area contributed by atoms with Crippen LogP contribution in [0.4, 0.5) is 0 Å². The van der Waals surface area contributed by atoms with Gasteiger partial charge in [0, 0.05) is 6.42 Å². The number of hydrogen-bond donors (Lipinski definition) is 1. The van der Waals surface area contributed by atoms with Crippen LogP contribution in [0.1, 0.15) is 12.0 Å². The van der Waals surface area contributed by atoms with Crippen LogP contribution in [0.15, 0.2) is 30.3 Å². The topological polar surface area (TPSA) is 46.5 Å². The zero-order valence-corrected chi connectivity index (χ0v) is 7.06. The Morgan fingerprint density at radius 2 is 2.00 bits per heavy atom. The first-order valence-corrected chi connectivity index (χ1v) is 4.18. The Labute approximate surface area is 76.0 Å². The molecule has 0 bridgehead atoms. The summed E-state index contributed by atoms with van der Waals surface area (Å²) in [6.45, 7) is 0.529. The molecule has 1 unspecified atom stereocenters. The first-order valence-electron chi connectivity index (χ1n) is 4.18. The van der Waals surface area contributed by atoms with Crippen LogP contribution in [0.25, 0.3) is 0 Å². The van der Waals surface area contributed by atoms with Crippen LogP contribution in [0, 0.1) is 0 Å². The van der Waals surface area contributed by atoms with E-state index in [-0.39, 0.29) is 0 Å². The summed E-state index contributed by atoms with van der Waals surface area (Å²) in [5.74, 6) is -0.898. The number of carboxylic acid groups (broad SMARTS) is 1. The van der Waals surface area contributed by atoms with Crippen molar-refractivity contribution in [1.82, 2.24) is 0 Å². The van der Waals surface area contributed by atoms with Crippen molar-refractivity contribution >= 4 is 5.97 Å². The summed E-state index contributed by atoms with van der Waals surface area (Å²) in [7, 11) is 0. The highest BCUT2D eigenvalue weighted by Crippen LogP contribution is 2.37. The van der Waals surface area contributed by atoms with Crippen molar-refractivity contribution in [3.8, 4) is 0 Å². The van der Waals surface area contributed by atoms with Gasteiger partial charge in [-0.25, -0.2) is 4.79 Å². The lowest BCUT2D eigenvalue weighted by Gasteiger charge is -2.38. The molecule has 0 aliphatic carbocycles. The molecule has 68 valence electrons. The number of aliphatic carboxylic acids is 1. The first-order chi connectivity index (χ1) is 6.26. The van der Waals surface area contributed by atoms with Gasteiger partial charge in [-0.3, -0.25) is 0 Å². The Bertz CT molecular complexity index is 314. The molecular formula is C10H10O3. The maximum Gasteiger partial charge on any atom is 0.340 e. The maximum absolute atomic E-state index is 11.0. The maximum atomic E-state index is 11.0. The van der Waals surface area contributed by atoms with Crippen molar-refractivity contribution in [3.05, 3.63) is 35.9 Å². The number of carbonyl (C=O) groups is 1. The van der Waals surface area contributed by atoms with Gasteiger partial charge >= 0.3 is 5.97 Å². The van der Waals surface area contributed by atoms with E-state index in [0.717, 1.165) is 5.56 Å². The number of rotatable bonds is 2. The van der Waals surface area contributed by atoms with Crippen LogP contribution >= 0.6 is 0 Å². The Kier molecular flexibility index (Phi) is 1.81. The van der Waals surface area contributed by atoms with Gasteiger partial charge in [-0.15, -0.1) is 0 Å². The van der Waals surface area contributed by atoms with Crippen LogP contribution in [0.5, 0.6) is 0 Å². The monoisotopic (exact) mass is 178 g/mol. The standard InChI is InChI=1S/C10H10O3/c11-9(12)10(6-7-13-10)8-4-2-1-3-5-8/h1-5H,6-7H2,(H,11,12). The lowest BCUT2D eigenvalue weighted by molar-refractivity contribution is -0.197. The minimum Gasteiger partial charge on any atom is -0.479 e. The molecule has 1 atom stereocenters. The van der Waals surface area contributed by atoms with Gasteiger partial charge in [-0.2, -0.15) is 0 Å². The molecule has 1 aliphatic rings. The quantitative estimate of drug-likeness (QED) is 0.744. The van der Waals surface area contributed by atoms with E-state index in [1.807, 2.05) is 18.2 Å². The number of ether oxygens (including phenoxy) is 1. The third kappa shape index (κ3) is 1.12. The summed E-state index contributed by atoms with van der Waals surface area (Å²) in [4.78, 5) is 11.0. The molecule has 1 fully saturated rings. The lowest BCUT2D eigenvalue weighted by atomic mass is 9.87. The number of carboxylic acids is 1. The Morgan fingerprint density at radius 3 is 2.38 bits per heavy atom. The van der Waals surface area contributed by atoms with Gasteiger partial charge in [0.2, 0.25) is 0 Å². The molecule has 1 heterocycles. The Hall–Kier alpha value is -1.35. The van der Waals surface area contributed by atoms with E-state index in [1.165, 1.54) is 0 Å². The van der Waals surface area contributed by atoms with Crippen molar-refractivity contribution in [2.24, 2.45) is 0 Å². The Balaban J connectivity index is 2.38. The highest BCUT2D eigenvalue weighted by molar-refractivity contribution is 5.80. The molecule has 1 aromatic carbocycles. The number of hydrogen-bond acceptors (Lipinski definition) is 2. The van der Waals surface area contributed by atoms with Gasteiger partial charge in [0.25, 0.3) is 0 Å². The van der Waals surface area contributed by atoms with Crippen LogP contribution < -0.4 is 0 Å². The first kappa shape index (κ1) is 8.26. The second kappa shape index (κ2) is 2.85. The molecule has 1 saturated heterocycles. The third-order valence-electron chi connectivity index (χ3n) is 2.39. The summed E-state index contributed by atoms with van der Waals surface area (Å²) in [5.41, 5.74) is -0.338. The van der Waals surface area contributed by atoms with E-state index in [1.54, 1.807) is 12.1 Å². The van der Waals surface area contributed by atoms with Crippen molar-refractivity contribution in [1.29, 1.82) is 0 Å². The highest BCUT2D eigenvalue weighted by Gasteiger charge is 2.47. The zero-order chi connectivity index (χ0) is 9.31. The molecule has 1 aromatic rings. The molecule has 0 radical (unpaired) electrons. The minimum atomic E-state index is -1.07. The second-order valence-electron chi connectivity index (χ2n) is 3.10. The van der Waals surface area contributed by atoms with Crippen molar-refractivity contribution in [2.45, 2.75) is 12.0 Å². The summed E-state index contributed by atoms with van der Waals surface area (Å²) in [6, 6.07) is 9.07. The molecular weight excluding hydrogens is 168 g/mol. The van der Waals surface area contributed by atoms with Gasteiger partial charge < -0.3 is 9.84 Å². The molecule has 3 nitrogen and oxygen atoms in total. The molecule has 1 N–H and O–H groups in total. The van der Waals surface area contributed by atoms with E-state index in [4.69, 9.17) is 9.84 Å². The van der Waals surface area contributed by atoms with E-state index >= 15 is 0 Å². The van der Waals surface area contributed by atoms with E-state index in [0.29, 0.717) is 13.0 Å². The van der Waals surface area contributed by atoms with Crippen LogP contribution in [0.2, 0.25) is 0 Å². The van der Waals surface area contributed by atoms with E-state index < -0.39 is 11.6 Å². The molecule has 0 amide bonds. The SMILES string of the molecule is O=C(O)C1(c2ccccc2)CCO1. The summed E-state index contributed by atoms with van der Waals surface area (Å²) >= 11 is 0. The predicted octanol–water partition coefficient (Wildman–Crippen LogP) is 1.39. The molecule has 3 heteroatoms. The lowest BCUT2D eigenvalue weighted by Crippen LogP contribution is -2.47. The van der Waals surface area contributed by atoms with E-state index in [2.05, 4.69) is 0 Å². The third-order valence-corrected chi connectivity index (χ3v) is 2.39. The van der Waals surface area contributed by atoms with Crippen LogP contribution in [-0.4, -0.2) is 17.7 Å². The molecule has 0 spiro atoms. The fourth-order valence-corrected chi connectivity index (χ4v) is 1.53. The summed E-state index contributed by atoms with van der Waals surface area (Å²) < 4.78 is 5.17. The summed E-state index contributed by atoms with van der Waals surface area (Å²) in [5, 5.41) is 9.01. The predicted molar refractivity (Wildman–Crippen MR) is 46.3 cm³/mol. The van der Waals surface area contributed by atoms with E-state index in [9.17, 15) is 4.79 Å². The zero-order valence-electron chi connectivity index (χ0n) is 7.06. The average molecular weight is 178 g/mol. The van der Waals surface area contributed by atoms with Gasteiger partial charge in [-0.1, -0.05) is 30.3 Å². The van der Waals surface area contributed by atoms with Gasteiger partial charge in [-0.05, 0) is 5.56 Å². The molecule has 0 saturated carbocycles. The van der Waals surface area contributed by atoms with Gasteiger partial charge in [0.15, 0.2) is 5.60 Å². The summed E-state index contributed by atoms with van der Waals surface area (Å²) in [6.07, 6.45) is 0.562. The van der Waals surface area contributed by atoms with Crippen LogP contribution in [-0.2, 0) is 15.1 Å². The fraction of sp³-hybridized carbons (Fsp3) is 0.300. The number of benzene rings is 1. The van der Waals surface area contributed by atoms with Gasteiger partial charge in [0.05, 0.1) is 6.61 Å². The molecule has 0 aromatic heterocycles.